The summed E-state index contributed by atoms with van der Waals surface area (Å²) in [5.41, 5.74) is 4.97. The molecule has 0 N–H and O–H groups in total. The lowest BCUT2D eigenvalue weighted by molar-refractivity contribution is 0.331. The number of benzene rings is 1. The van der Waals surface area contributed by atoms with Crippen molar-refractivity contribution in [3.8, 4) is 0 Å². The fourth-order valence-corrected chi connectivity index (χ4v) is 3.74. The van der Waals surface area contributed by atoms with Crippen LogP contribution in [0.15, 0.2) is 22.7 Å². The van der Waals surface area contributed by atoms with Crippen molar-refractivity contribution in [1.29, 1.82) is 0 Å². The van der Waals surface area contributed by atoms with Gasteiger partial charge in [-0.1, -0.05) is 75.5 Å². The summed E-state index contributed by atoms with van der Waals surface area (Å²) in [5.74, 6) is 0. The van der Waals surface area contributed by atoms with E-state index < -0.39 is 0 Å². The van der Waals surface area contributed by atoms with Gasteiger partial charge in [0.15, 0.2) is 0 Å². The predicted molar refractivity (Wildman–Crippen MR) is 98.0 cm³/mol. The normalized spacial score (nSPS) is 19.7. The van der Waals surface area contributed by atoms with Gasteiger partial charge in [-0.25, -0.2) is 0 Å². The van der Waals surface area contributed by atoms with Gasteiger partial charge in [0.1, 0.15) is 0 Å². The van der Waals surface area contributed by atoms with Crippen molar-refractivity contribution in [2.45, 2.75) is 77.6 Å². The zero-order chi connectivity index (χ0) is 15.7. The molecular weight excluding hydrogens is 320 g/mol. The second-order valence-electron chi connectivity index (χ2n) is 7.73. The number of rotatable bonds is 4. The van der Waals surface area contributed by atoms with E-state index in [4.69, 9.17) is 0 Å². The molecule has 0 saturated carbocycles. The average Bonchev–Trinajstić information content (AvgIpc) is 2.41. The summed E-state index contributed by atoms with van der Waals surface area (Å²) in [6, 6.07) is 4.79. The molecular formula is C20H29Br. The highest BCUT2D eigenvalue weighted by Crippen LogP contribution is 2.47. The summed E-state index contributed by atoms with van der Waals surface area (Å²) >= 11 is 3.78. The van der Waals surface area contributed by atoms with Crippen molar-refractivity contribution in [3.05, 3.63) is 39.4 Å². The first-order chi connectivity index (χ1) is 9.78. The quantitative estimate of drug-likeness (QED) is 0.513. The molecule has 116 valence electrons. The van der Waals surface area contributed by atoms with Gasteiger partial charge in [0, 0.05) is 4.47 Å². The van der Waals surface area contributed by atoms with Crippen molar-refractivity contribution in [1.82, 2.24) is 0 Å². The lowest BCUT2D eigenvalue weighted by Gasteiger charge is -2.42. The molecule has 0 spiro atoms. The Morgan fingerprint density at radius 3 is 2.19 bits per heavy atom. The minimum atomic E-state index is 0.289. The van der Waals surface area contributed by atoms with Crippen molar-refractivity contribution in [2.24, 2.45) is 0 Å². The first-order valence-corrected chi connectivity index (χ1v) is 9.08. The van der Waals surface area contributed by atoms with Gasteiger partial charge in [-0.05, 0) is 58.9 Å². The van der Waals surface area contributed by atoms with Crippen LogP contribution in [0.4, 0.5) is 0 Å². The van der Waals surface area contributed by atoms with Gasteiger partial charge in [0.25, 0.3) is 0 Å². The summed E-state index contributed by atoms with van der Waals surface area (Å²) in [4.78, 5) is 0. The number of allylic oxidation sites excluding steroid dienone is 1. The lowest BCUT2D eigenvalue weighted by atomic mass is 9.63. The first-order valence-electron chi connectivity index (χ1n) is 8.29. The van der Waals surface area contributed by atoms with Gasteiger partial charge in [-0.3, -0.25) is 0 Å². The van der Waals surface area contributed by atoms with E-state index in [0.717, 1.165) is 0 Å². The summed E-state index contributed by atoms with van der Waals surface area (Å²) in [5, 5.41) is 0. The molecule has 0 aliphatic heterocycles. The molecule has 1 aromatic carbocycles. The molecule has 2 rings (SSSR count). The minimum Gasteiger partial charge on any atom is -0.0839 e. The van der Waals surface area contributed by atoms with Crippen LogP contribution in [-0.4, -0.2) is 0 Å². The molecule has 0 radical (unpaired) electrons. The molecule has 21 heavy (non-hydrogen) atoms. The van der Waals surface area contributed by atoms with Crippen LogP contribution in [0.1, 0.15) is 83.4 Å². The highest BCUT2D eigenvalue weighted by atomic mass is 79.9. The van der Waals surface area contributed by atoms with E-state index in [1.54, 1.807) is 0 Å². The van der Waals surface area contributed by atoms with E-state index >= 15 is 0 Å². The predicted octanol–water partition coefficient (Wildman–Crippen LogP) is 7.00. The number of fused-ring (bicyclic) bond motifs is 1. The Hall–Kier alpha value is -0.560. The summed E-state index contributed by atoms with van der Waals surface area (Å²) in [7, 11) is 0. The van der Waals surface area contributed by atoms with E-state index in [1.807, 2.05) is 0 Å². The largest absolute Gasteiger partial charge is 0.0839 e. The van der Waals surface area contributed by atoms with Crippen LogP contribution in [0, 0.1) is 0 Å². The fourth-order valence-electron chi connectivity index (χ4n) is 3.26. The topological polar surface area (TPSA) is 0 Å². The summed E-state index contributed by atoms with van der Waals surface area (Å²) < 4.78 is 1.24. The molecule has 0 aromatic heterocycles. The van der Waals surface area contributed by atoms with E-state index in [2.05, 4.69) is 74.8 Å². The van der Waals surface area contributed by atoms with Gasteiger partial charge in [-0.2, -0.15) is 0 Å². The van der Waals surface area contributed by atoms with E-state index in [-0.39, 0.29) is 10.8 Å². The molecule has 0 saturated heterocycles. The molecule has 0 amide bonds. The third-order valence-electron chi connectivity index (χ3n) is 4.99. The summed E-state index contributed by atoms with van der Waals surface area (Å²) in [6.07, 6.45) is 10.9. The van der Waals surface area contributed by atoms with Gasteiger partial charge in [0.05, 0.1) is 0 Å². The van der Waals surface area contributed by atoms with Crippen molar-refractivity contribution in [3.63, 3.8) is 0 Å². The Labute approximate surface area is 139 Å². The van der Waals surface area contributed by atoms with E-state index in [1.165, 1.54) is 53.3 Å². The molecule has 0 unspecified atom stereocenters. The monoisotopic (exact) mass is 348 g/mol. The Morgan fingerprint density at radius 2 is 1.62 bits per heavy atom. The molecule has 1 aliphatic rings. The van der Waals surface area contributed by atoms with Crippen molar-refractivity contribution < 1.29 is 0 Å². The molecule has 1 aromatic rings. The molecule has 0 atom stereocenters. The SMILES string of the molecule is CCCC/C=C\c1cc2c(cc1Br)C(C)(C)CCC2(C)C. The molecule has 0 bridgehead atoms. The maximum absolute atomic E-state index is 3.78. The van der Waals surface area contributed by atoms with Gasteiger partial charge in [0.2, 0.25) is 0 Å². The molecule has 1 aliphatic carbocycles. The van der Waals surface area contributed by atoms with Crippen LogP contribution in [0.5, 0.6) is 0 Å². The Kier molecular flexibility index (Phi) is 5.03. The fraction of sp³-hybridized carbons (Fsp3) is 0.600. The lowest BCUT2D eigenvalue weighted by Crippen LogP contribution is -2.33. The maximum Gasteiger partial charge on any atom is 0.0250 e. The zero-order valence-corrected chi connectivity index (χ0v) is 15.8. The molecule has 0 nitrogen and oxygen atoms in total. The van der Waals surface area contributed by atoms with Crippen LogP contribution in [0.25, 0.3) is 6.08 Å². The van der Waals surface area contributed by atoms with E-state index in [9.17, 15) is 0 Å². The van der Waals surface area contributed by atoms with Crippen LogP contribution in [-0.2, 0) is 10.8 Å². The standard InChI is InChI=1S/C20H29Br/c1-6-7-8-9-10-15-13-16-17(14-18(15)21)20(4,5)12-11-19(16,2)3/h9-10,13-14H,6-8,11-12H2,1-5H3/b10-9-. The maximum atomic E-state index is 3.78. The minimum absolute atomic E-state index is 0.289. The molecule has 0 heterocycles. The Balaban J connectivity index is 2.42. The molecule has 0 fully saturated rings. The van der Waals surface area contributed by atoms with E-state index in [0.29, 0.717) is 0 Å². The highest BCUT2D eigenvalue weighted by Gasteiger charge is 2.37. The highest BCUT2D eigenvalue weighted by molar-refractivity contribution is 9.10. The van der Waals surface area contributed by atoms with Gasteiger partial charge >= 0.3 is 0 Å². The van der Waals surface area contributed by atoms with Crippen LogP contribution >= 0.6 is 15.9 Å². The number of hydrogen-bond acceptors (Lipinski definition) is 0. The first kappa shape index (κ1) is 16.8. The third kappa shape index (κ3) is 3.62. The number of halogens is 1. The molecule has 1 heteroatoms. The van der Waals surface area contributed by atoms with Crippen LogP contribution in [0.2, 0.25) is 0 Å². The Bertz CT molecular complexity index is 535. The second-order valence-corrected chi connectivity index (χ2v) is 8.59. The van der Waals surface area contributed by atoms with Crippen LogP contribution < -0.4 is 0 Å². The number of hydrogen-bond donors (Lipinski definition) is 0. The average molecular weight is 349 g/mol. The van der Waals surface area contributed by atoms with Gasteiger partial charge in [-0.15, -0.1) is 0 Å². The summed E-state index contributed by atoms with van der Waals surface area (Å²) in [6.45, 7) is 11.8. The second kappa shape index (κ2) is 6.28. The van der Waals surface area contributed by atoms with Gasteiger partial charge < -0.3 is 0 Å². The van der Waals surface area contributed by atoms with Crippen molar-refractivity contribution >= 4 is 22.0 Å². The van der Waals surface area contributed by atoms with Crippen LogP contribution in [0.3, 0.4) is 0 Å². The third-order valence-corrected chi connectivity index (χ3v) is 5.68. The number of unbranched alkanes of at least 4 members (excludes halogenated alkanes) is 2. The Morgan fingerprint density at radius 1 is 1.05 bits per heavy atom. The smallest absolute Gasteiger partial charge is 0.0250 e. The van der Waals surface area contributed by atoms with Crippen molar-refractivity contribution in [2.75, 3.05) is 0 Å². The zero-order valence-electron chi connectivity index (χ0n) is 14.2.